The van der Waals surface area contributed by atoms with Gasteiger partial charge >= 0.3 is 6.18 Å². The van der Waals surface area contributed by atoms with E-state index in [-0.39, 0.29) is 17.0 Å². The zero-order valence-electron chi connectivity index (χ0n) is 25.0. The van der Waals surface area contributed by atoms with E-state index < -0.39 is 11.7 Å². The molecule has 214 valence electrons. The van der Waals surface area contributed by atoms with Gasteiger partial charge in [0.2, 0.25) is 0 Å². The minimum Gasteiger partial charge on any atom is -0.305 e. The highest BCUT2D eigenvalue weighted by Crippen LogP contribution is 2.43. The molecule has 4 heteroatoms. The lowest BCUT2D eigenvalue weighted by molar-refractivity contribution is -0.138. The Hall–Kier alpha value is -1.81. The van der Waals surface area contributed by atoms with Gasteiger partial charge in [-0.2, -0.15) is 13.2 Å². The summed E-state index contributed by atoms with van der Waals surface area (Å²) in [6, 6.07) is 5.09. The summed E-state index contributed by atoms with van der Waals surface area (Å²) in [6.07, 6.45) is 6.38. The number of allylic oxidation sites excluding steroid dienone is 1. The van der Waals surface area contributed by atoms with E-state index in [9.17, 15) is 13.2 Å². The third-order valence-electron chi connectivity index (χ3n) is 7.18. The second kappa shape index (κ2) is 18.4. The van der Waals surface area contributed by atoms with Crippen LogP contribution in [0.2, 0.25) is 0 Å². The second-order valence-corrected chi connectivity index (χ2v) is 10.9. The average molecular weight is 524 g/mol. The zero-order chi connectivity index (χ0) is 29.3. The minimum absolute atomic E-state index is 0.0367. The largest absolute Gasteiger partial charge is 0.416 e. The predicted octanol–water partition coefficient (Wildman–Crippen LogP) is 11.3. The van der Waals surface area contributed by atoms with Gasteiger partial charge in [0, 0.05) is 11.6 Å². The number of hydrogen-bond acceptors (Lipinski definition) is 1. The molecule has 0 amide bonds. The van der Waals surface area contributed by atoms with Crippen molar-refractivity contribution < 1.29 is 13.2 Å². The van der Waals surface area contributed by atoms with E-state index in [4.69, 9.17) is 0 Å². The molecule has 1 saturated heterocycles. The third-order valence-corrected chi connectivity index (χ3v) is 7.18. The van der Waals surface area contributed by atoms with Crippen molar-refractivity contribution >= 4 is 0 Å². The van der Waals surface area contributed by atoms with Gasteiger partial charge in [-0.3, -0.25) is 0 Å². The van der Waals surface area contributed by atoms with E-state index in [0.717, 1.165) is 56.9 Å². The monoisotopic (exact) mass is 523 g/mol. The molecule has 0 aromatic heterocycles. The van der Waals surface area contributed by atoms with Gasteiger partial charge in [-0.15, -0.1) is 32.9 Å². The number of unbranched alkanes of at least 4 members (excludes halogenated alkanes) is 2. The molecular formula is C33H56F3N. The number of rotatable bonds is 11. The van der Waals surface area contributed by atoms with E-state index in [1.165, 1.54) is 6.07 Å². The van der Waals surface area contributed by atoms with Crippen LogP contribution in [-0.4, -0.2) is 5.54 Å². The van der Waals surface area contributed by atoms with Crippen LogP contribution in [0.3, 0.4) is 0 Å². The molecule has 1 aromatic rings. The molecule has 1 aliphatic rings. The Kier molecular flexibility index (Phi) is 18.6. The average Bonchev–Trinajstić information content (AvgIpc) is 2.87. The first-order valence-corrected chi connectivity index (χ1v) is 13.9. The van der Waals surface area contributed by atoms with Crippen LogP contribution in [0.4, 0.5) is 13.2 Å². The topological polar surface area (TPSA) is 12.0 Å². The van der Waals surface area contributed by atoms with Crippen LogP contribution in [-0.2, 0) is 12.6 Å². The quantitative estimate of drug-likeness (QED) is 0.284. The van der Waals surface area contributed by atoms with Crippen molar-refractivity contribution in [3.05, 3.63) is 73.9 Å². The molecule has 0 spiro atoms. The van der Waals surface area contributed by atoms with Crippen LogP contribution in [0.15, 0.2) is 57.2 Å². The van der Waals surface area contributed by atoms with E-state index in [1.807, 2.05) is 12.1 Å². The summed E-state index contributed by atoms with van der Waals surface area (Å²) in [4.78, 5) is 0. The maximum atomic E-state index is 13.8. The maximum Gasteiger partial charge on any atom is 0.416 e. The molecule has 1 aliphatic heterocycles. The lowest BCUT2D eigenvalue weighted by Gasteiger charge is -2.48. The molecular weight excluding hydrogens is 467 g/mol. The van der Waals surface area contributed by atoms with Crippen LogP contribution in [0, 0.1) is 11.3 Å². The molecule has 1 N–H and O–H groups in total. The highest BCUT2D eigenvalue weighted by molar-refractivity contribution is 5.37. The van der Waals surface area contributed by atoms with Crippen molar-refractivity contribution in [2.24, 2.45) is 11.3 Å². The summed E-state index contributed by atoms with van der Waals surface area (Å²) in [5.41, 5.74) is 0.774. The molecule has 1 fully saturated rings. The van der Waals surface area contributed by atoms with Gasteiger partial charge in [-0.1, -0.05) is 91.9 Å². The smallest absolute Gasteiger partial charge is 0.305 e. The van der Waals surface area contributed by atoms with Crippen LogP contribution >= 0.6 is 0 Å². The fraction of sp³-hybridized carbons (Fsp3) is 0.636. The number of alkyl halides is 3. The Morgan fingerprint density at radius 1 is 1.05 bits per heavy atom. The summed E-state index contributed by atoms with van der Waals surface area (Å²) in [6.45, 7) is 30.5. The van der Waals surface area contributed by atoms with E-state index in [0.29, 0.717) is 17.9 Å². The Labute approximate surface area is 227 Å². The first-order chi connectivity index (χ1) is 17.3. The van der Waals surface area contributed by atoms with Crippen LogP contribution in [0.5, 0.6) is 0 Å². The summed E-state index contributed by atoms with van der Waals surface area (Å²) in [5.74, 6) is 0.648. The molecule has 1 aromatic carbocycles. The first-order valence-electron chi connectivity index (χ1n) is 13.9. The molecule has 1 heterocycles. The van der Waals surface area contributed by atoms with Crippen LogP contribution < -0.4 is 5.32 Å². The maximum absolute atomic E-state index is 13.8. The van der Waals surface area contributed by atoms with Crippen molar-refractivity contribution in [2.75, 3.05) is 0 Å². The number of benzene rings is 1. The SMILES string of the molecule is C=C.C=C.C=CC(C)C.CCCCC1(C)CC(c2ccc(C[C@](C)(CC)CCCC)c(C(F)(F)F)c2)N1. The van der Waals surface area contributed by atoms with Crippen molar-refractivity contribution in [3.8, 4) is 0 Å². The van der Waals surface area contributed by atoms with Crippen LogP contribution in [0.1, 0.15) is 123 Å². The Bertz CT molecular complexity index is 744. The third kappa shape index (κ3) is 13.5. The second-order valence-electron chi connectivity index (χ2n) is 10.9. The Morgan fingerprint density at radius 3 is 1.97 bits per heavy atom. The van der Waals surface area contributed by atoms with Crippen molar-refractivity contribution in [1.82, 2.24) is 5.32 Å². The molecule has 2 rings (SSSR count). The van der Waals surface area contributed by atoms with Gasteiger partial charge < -0.3 is 5.32 Å². The normalized spacial score (nSPS) is 20.0. The highest BCUT2D eigenvalue weighted by atomic mass is 19.4. The molecule has 0 radical (unpaired) electrons. The first kappa shape index (κ1) is 37.3. The van der Waals surface area contributed by atoms with Gasteiger partial charge in [0.05, 0.1) is 5.56 Å². The summed E-state index contributed by atoms with van der Waals surface area (Å²) >= 11 is 0. The summed E-state index contributed by atoms with van der Waals surface area (Å²) in [5, 5.41) is 3.53. The zero-order valence-corrected chi connectivity index (χ0v) is 25.0. The number of halogens is 3. The minimum atomic E-state index is -4.31. The van der Waals surface area contributed by atoms with Crippen LogP contribution in [0.25, 0.3) is 0 Å². The molecule has 0 bridgehead atoms. The van der Waals surface area contributed by atoms with Crippen molar-refractivity contribution in [2.45, 2.75) is 124 Å². The van der Waals surface area contributed by atoms with E-state index in [2.05, 4.69) is 86.7 Å². The van der Waals surface area contributed by atoms with Gasteiger partial charge in [-0.25, -0.2) is 0 Å². The Balaban J connectivity index is 0. The molecule has 2 unspecified atom stereocenters. The molecule has 3 atom stereocenters. The van der Waals surface area contributed by atoms with Gasteiger partial charge in [0.15, 0.2) is 0 Å². The van der Waals surface area contributed by atoms with Crippen molar-refractivity contribution in [3.63, 3.8) is 0 Å². The van der Waals surface area contributed by atoms with Gasteiger partial charge in [0.1, 0.15) is 0 Å². The number of hydrogen-bond donors (Lipinski definition) is 1. The summed E-state index contributed by atoms with van der Waals surface area (Å²) < 4.78 is 41.5. The predicted molar refractivity (Wildman–Crippen MR) is 159 cm³/mol. The van der Waals surface area contributed by atoms with Gasteiger partial charge in [0.25, 0.3) is 0 Å². The van der Waals surface area contributed by atoms with Gasteiger partial charge in [-0.05, 0) is 61.1 Å². The standard InChI is InChI=1S/C24H38F3N.C5H10.2C2H4/c1-6-9-13-22(4,8-3)16-19-12-11-18(15-20(19)24(25,26)27)21-17-23(5,28-21)14-10-7-2;1-4-5(2)3;2*1-2/h11-12,15,21,28H,6-10,13-14,16-17H2,1-5H3;4-5H,1H2,2-3H3;2*1-2H2/t21?,22-,23?;;;/m1.../s1. The molecule has 37 heavy (non-hydrogen) atoms. The molecule has 0 saturated carbocycles. The highest BCUT2D eigenvalue weighted by Gasteiger charge is 2.41. The fourth-order valence-electron chi connectivity index (χ4n) is 4.47. The molecule has 1 nitrogen and oxygen atoms in total. The lowest BCUT2D eigenvalue weighted by Crippen LogP contribution is -2.56. The van der Waals surface area contributed by atoms with E-state index >= 15 is 0 Å². The van der Waals surface area contributed by atoms with Crippen molar-refractivity contribution in [1.29, 1.82) is 0 Å². The Morgan fingerprint density at radius 2 is 1.57 bits per heavy atom. The lowest BCUT2D eigenvalue weighted by atomic mass is 9.74. The fourth-order valence-corrected chi connectivity index (χ4v) is 4.47. The molecule has 0 aliphatic carbocycles. The number of nitrogens with one attached hydrogen (secondary N) is 1. The van der Waals surface area contributed by atoms with E-state index in [1.54, 1.807) is 6.07 Å². The summed E-state index contributed by atoms with van der Waals surface area (Å²) in [7, 11) is 0.